The normalized spacial score (nSPS) is 28.2. The molecule has 2 atom stereocenters. The van der Waals surface area contributed by atoms with E-state index in [4.69, 9.17) is 14.4 Å². The first kappa shape index (κ1) is 15.2. The van der Waals surface area contributed by atoms with Crippen molar-refractivity contribution in [3.63, 3.8) is 0 Å². The largest absolute Gasteiger partial charge is 0.450 e. The van der Waals surface area contributed by atoms with Crippen LogP contribution < -0.4 is 4.90 Å². The van der Waals surface area contributed by atoms with Gasteiger partial charge in [0.25, 0.3) is 0 Å². The third kappa shape index (κ3) is 2.26. The van der Waals surface area contributed by atoms with Crippen LogP contribution in [-0.4, -0.2) is 22.6 Å². The number of para-hydroxylation sites is 1. The number of fused-ring (bicyclic) bond motifs is 5. The summed E-state index contributed by atoms with van der Waals surface area (Å²) in [4.78, 5) is 12.0. The van der Waals surface area contributed by atoms with Crippen molar-refractivity contribution in [2.24, 2.45) is 10.8 Å². The molecule has 3 aromatic rings. The lowest BCUT2D eigenvalue weighted by molar-refractivity contribution is 0.136. The lowest BCUT2D eigenvalue weighted by Gasteiger charge is -2.39. The Morgan fingerprint density at radius 1 is 1.12 bits per heavy atom. The van der Waals surface area contributed by atoms with Crippen LogP contribution in [0, 0.1) is 17.8 Å². The molecule has 0 amide bonds. The maximum Gasteiger partial charge on any atom is 0.196 e. The number of hydrogen-bond acceptors (Lipinski definition) is 4. The van der Waals surface area contributed by atoms with Crippen molar-refractivity contribution in [2.45, 2.75) is 53.0 Å². The van der Waals surface area contributed by atoms with Crippen molar-refractivity contribution in [3.05, 3.63) is 30.1 Å². The van der Waals surface area contributed by atoms with Gasteiger partial charge >= 0.3 is 0 Å². The Hall–Kier alpha value is -2.10. The fourth-order valence-electron chi connectivity index (χ4n) is 5.59. The first-order chi connectivity index (χ1) is 11.8. The Morgan fingerprint density at radius 3 is 2.76 bits per heavy atom. The van der Waals surface area contributed by atoms with Gasteiger partial charge in [-0.3, -0.25) is 0 Å². The van der Waals surface area contributed by atoms with Gasteiger partial charge in [-0.25, -0.2) is 9.97 Å². The molecule has 1 saturated carbocycles. The molecule has 4 heteroatoms. The van der Waals surface area contributed by atoms with Crippen LogP contribution in [0.2, 0.25) is 0 Å². The number of aromatic nitrogens is 2. The van der Waals surface area contributed by atoms with Crippen LogP contribution in [0.4, 0.5) is 5.82 Å². The summed E-state index contributed by atoms with van der Waals surface area (Å²) in [7, 11) is 0. The maximum atomic E-state index is 6.22. The third-order valence-corrected chi connectivity index (χ3v) is 6.00. The monoisotopic (exact) mass is 335 g/mol. The number of benzene rings is 1. The van der Waals surface area contributed by atoms with Crippen molar-refractivity contribution in [1.82, 2.24) is 9.97 Å². The Morgan fingerprint density at radius 2 is 1.92 bits per heavy atom. The average molecular weight is 335 g/mol. The van der Waals surface area contributed by atoms with Gasteiger partial charge in [0.15, 0.2) is 11.4 Å². The molecular formula is C21H25N3O. The van der Waals surface area contributed by atoms with E-state index in [2.05, 4.69) is 31.7 Å². The smallest absolute Gasteiger partial charge is 0.196 e. The Bertz CT molecular complexity index is 989. The van der Waals surface area contributed by atoms with Crippen LogP contribution >= 0.6 is 0 Å². The summed E-state index contributed by atoms with van der Waals surface area (Å²) in [6.07, 6.45) is 3.74. The number of hydrogen-bond donors (Lipinski definition) is 0. The predicted octanol–water partition coefficient (Wildman–Crippen LogP) is 5.09. The topological polar surface area (TPSA) is 42.2 Å². The summed E-state index contributed by atoms with van der Waals surface area (Å²) < 4.78 is 6.22. The van der Waals surface area contributed by atoms with E-state index in [1.165, 1.54) is 19.3 Å². The number of aryl methyl sites for hydroxylation is 1. The Balaban J connectivity index is 1.71. The van der Waals surface area contributed by atoms with E-state index in [1.807, 2.05) is 25.1 Å². The van der Waals surface area contributed by atoms with Crippen LogP contribution in [0.1, 0.15) is 45.9 Å². The molecule has 0 spiro atoms. The van der Waals surface area contributed by atoms with Gasteiger partial charge in [0.05, 0.1) is 0 Å². The zero-order valence-corrected chi connectivity index (χ0v) is 15.5. The first-order valence-corrected chi connectivity index (χ1v) is 9.26. The summed E-state index contributed by atoms with van der Waals surface area (Å²) in [6.45, 7) is 10.3. The average Bonchev–Trinajstić information content (AvgIpc) is 3.00. The molecule has 130 valence electrons. The van der Waals surface area contributed by atoms with E-state index < -0.39 is 0 Å². The molecule has 1 aliphatic heterocycles. The second kappa shape index (κ2) is 4.75. The molecule has 25 heavy (non-hydrogen) atoms. The number of anilines is 1. The van der Waals surface area contributed by atoms with Crippen molar-refractivity contribution in [2.75, 3.05) is 11.4 Å². The minimum atomic E-state index is 0.365. The van der Waals surface area contributed by atoms with E-state index in [1.54, 1.807) is 0 Å². The van der Waals surface area contributed by atoms with Crippen LogP contribution in [-0.2, 0) is 0 Å². The zero-order valence-electron chi connectivity index (χ0n) is 15.5. The van der Waals surface area contributed by atoms with Gasteiger partial charge < -0.3 is 9.32 Å². The summed E-state index contributed by atoms with van der Waals surface area (Å²) >= 11 is 0. The highest BCUT2D eigenvalue weighted by molar-refractivity contribution is 6.05. The molecule has 2 bridgehead atoms. The third-order valence-electron chi connectivity index (χ3n) is 6.00. The van der Waals surface area contributed by atoms with Gasteiger partial charge in [0.2, 0.25) is 0 Å². The highest BCUT2D eigenvalue weighted by Crippen LogP contribution is 2.54. The molecule has 2 aromatic heterocycles. The van der Waals surface area contributed by atoms with Gasteiger partial charge in [-0.05, 0) is 49.1 Å². The molecule has 2 fully saturated rings. The number of rotatable bonds is 1. The molecule has 5 rings (SSSR count). The van der Waals surface area contributed by atoms with Crippen molar-refractivity contribution >= 4 is 27.9 Å². The SMILES string of the molecule is Cc1nc(N2C[C@]3(C)C[C@H]2CC(C)(C)C3)c2oc3ccccc3c2n1. The summed E-state index contributed by atoms with van der Waals surface area (Å²) in [5.41, 5.74) is 3.45. The predicted molar refractivity (Wildman–Crippen MR) is 101 cm³/mol. The van der Waals surface area contributed by atoms with Crippen molar-refractivity contribution < 1.29 is 4.42 Å². The molecule has 2 aliphatic rings. The molecule has 0 N–H and O–H groups in total. The molecule has 1 saturated heterocycles. The Labute approximate surface area is 148 Å². The quantitative estimate of drug-likeness (QED) is 0.621. The second-order valence-electron chi connectivity index (χ2n) is 9.21. The van der Waals surface area contributed by atoms with E-state index in [0.29, 0.717) is 16.9 Å². The second-order valence-corrected chi connectivity index (χ2v) is 9.21. The van der Waals surface area contributed by atoms with E-state index in [-0.39, 0.29) is 0 Å². The highest BCUT2D eigenvalue weighted by atomic mass is 16.3. The fraction of sp³-hybridized carbons (Fsp3) is 0.524. The molecule has 4 nitrogen and oxygen atoms in total. The minimum absolute atomic E-state index is 0.365. The van der Waals surface area contributed by atoms with Crippen LogP contribution in [0.25, 0.3) is 22.1 Å². The molecule has 0 radical (unpaired) electrons. The van der Waals surface area contributed by atoms with E-state index in [9.17, 15) is 0 Å². The van der Waals surface area contributed by atoms with Crippen molar-refractivity contribution in [3.8, 4) is 0 Å². The standard InChI is InChI=1S/C21H25N3O/c1-13-22-17-15-7-5-6-8-16(15)25-18(17)19(23-13)24-12-21(4)10-14(24)9-20(2,3)11-21/h5-8,14H,9-12H2,1-4H3/t14-,21-/m1/s1. The fourth-order valence-corrected chi connectivity index (χ4v) is 5.59. The molecule has 1 aromatic carbocycles. The van der Waals surface area contributed by atoms with Gasteiger partial charge in [-0.15, -0.1) is 0 Å². The Kier molecular flexibility index (Phi) is 2.88. The van der Waals surface area contributed by atoms with Crippen LogP contribution in [0.3, 0.4) is 0 Å². The van der Waals surface area contributed by atoms with Gasteiger partial charge in [-0.1, -0.05) is 32.9 Å². The van der Waals surface area contributed by atoms with Gasteiger partial charge in [0.1, 0.15) is 16.9 Å². The van der Waals surface area contributed by atoms with Crippen LogP contribution in [0.5, 0.6) is 0 Å². The first-order valence-electron chi connectivity index (χ1n) is 9.26. The maximum absolute atomic E-state index is 6.22. The van der Waals surface area contributed by atoms with Crippen molar-refractivity contribution in [1.29, 1.82) is 0 Å². The molecule has 0 unspecified atom stereocenters. The lowest BCUT2D eigenvalue weighted by Crippen LogP contribution is -2.35. The zero-order chi connectivity index (χ0) is 17.4. The number of furan rings is 1. The van der Waals surface area contributed by atoms with Gasteiger partial charge in [0, 0.05) is 18.0 Å². The van der Waals surface area contributed by atoms with Gasteiger partial charge in [-0.2, -0.15) is 0 Å². The van der Waals surface area contributed by atoms with E-state index in [0.717, 1.165) is 40.3 Å². The molecule has 1 aliphatic carbocycles. The molecular weight excluding hydrogens is 310 g/mol. The van der Waals surface area contributed by atoms with E-state index >= 15 is 0 Å². The number of nitrogens with zero attached hydrogens (tertiary/aromatic N) is 3. The minimum Gasteiger partial charge on any atom is -0.450 e. The highest BCUT2D eigenvalue weighted by Gasteiger charge is 2.50. The van der Waals surface area contributed by atoms with Crippen LogP contribution in [0.15, 0.2) is 28.7 Å². The lowest BCUT2D eigenvalue weighted by atomic mass is 9.65. The summed E-state index contributed by atoms with van der Waals surface area (Å²) in [5, 5.41) is 1.08. The molecule has 3 heterocycles. The summed E-state index contributed by atoms with van der Waals surface area (Å²) in [6, 6.07) is 8.70. The summed E-state index contributed by atoms with van der Waals surface area (Å²) in [5.74, 6) is 1.81.